The molecule has 4 rings (SSSR count). The maximum atomic E-state index is 5.65. The summed E-state index contributed by atoms with van der Waals surface area (Å²) in [6, 6.07) is 0.788. The number of unbranched alkanes of at least 4 members (excludes halogenated alkanes) is 3. The first-order valence-corrected chi connectivity index (χ1v) is 16.2. The molecule has 4 aliphatic carbocycles. The van der Waals surface area contributed by atoms with Gasteiger partial charge in [0.2, 0.25) is 0 Å². The molecule has 3 N–H and O–H groups in total. The first-order valence-electron chi connectivity index (χ1n) is 16.2. The van der Waals surface area contributed by atoms with Crippen molar-refractivity contribution in [3.63, 3.8) is 0 Å². The Morgan fingerprint density at radius 1 is 0.771 bits per heavy atom. The predicted octanol–water partition coefficient (Wildman–Crippen LogP) is 8.59. The van der Waals surface area contributed by atoms with E-state index in [0.717, 1.165) is 54.0 Å². The largest absolute Gasteiger partial charge is 0.330 e. The van der Waals surface area contributed by atoms with Gasteiger partial charge < -0.3 is 11.1 Å². The molecule has 0 amide bonds. The van der Waals surface area contributed by atoms with E-state index < -0.39 is 0 Å². The molecule has 4 fully saturated rings. The summed E-state index contributed by atoms with van der Waals surface area (Å²) >= 11 is 0. The molecule has 0 aromatic carbocycles. The molecule has 2 heteroatoms. The van der Waals surface area contributed by atoms with Crippen molar-refractivity contribution < 1.29 is 0 Å². The van der Waals surface area contributed by atoms with E-state index in [1.165, 1.54) is 90.0 Å². The van der Waals surface area contributed by atoms with Gasteiger partial charge in [0.25, 0.3) is 0 Å². The quantitative estimate of drug-likeness (QED) is 0.271. The molecule has 204 valence electrons. The molecule has 0 aromatic rings. The molecular formula is C33H62N2. The molecular weight excluding hydrogens is 424 g/mol. The van der Waals surface area contributed by atoms with Crippen LogP contribution in [0.2, 0.25) is 0 Å². The molecule has 0 spiro atoms. The van der Waals surface area contributed by atoms with Crippen LogP contribution < -0.4 is 11.1 Å². The van der Waals surface area contributed by atoms with Gasteiger partial charge in [0.05, 0.1) is 0 Å². The van der Waals surface area contributed by atoms with Crippen molar-refractivity contribution in [1.29, 1.82) is 0 Å². The van der Waals surface area contributed by atoms with Crippen molar-refractivity contribution in [2.45, 2.75) is 143 Å². The van der Waals surface area contributed by atoms with Crippen LogP contribution in [0, 0.1) is 52.3 Å². The van der Waals surface area contributed by atoms with Crippen LogP contribution in [-0.4, -0.2) is 19.1 Å². The number of hydrogen-bond donors (Lipinski definition) is 2. The second-order valence-corrected chi connectivity index (χ2v) is 14.8. The Morgan fingerprint density at radius 2 is 1.51 bits per heavy atom. The minimum absolute atomic E-state index is 0.629. The fourth-order valence-electron chi connectivity index (χ4n) is 10.4. The third kappa shape index (κ3) is 6.00. The summed E-state index contributed by atoms with van der Waals surface area (Å²) in [5, 5.41) is 3.97. The van der Waals surface area contributed by atoms with E-state index >= 15 is 0 Å². The highest BCUT2D eigenvalue weighted by Gasteiger charge is 2.60. The molecule has 0 radical (unpaired) electrons. The van der Waals surface area contributed by atoms with Crippen LogP contribution in [0.3, 0.4) is 0 Å². The van der Waals surface area contributed by atoms with E-state index in [0.29, 0.717) is 10.8 Å². The number of rotatable bonds is 12. The summed E-state index contributed by atoms with van der Waals surface area (Å²) in [6.07, 6.45) is 23.1. The number of fused-ring (bicyclic) bond motifs is 5. The van der Waals surface area contributed by atoms with E-state index in [-0.39, 0.29) is 0 Å². The van der Waals surface area contributed by atoms with Crippen LogP contribution in [0.5, 0.6) is 0 Å². The van der Waals surface area contributed by atoms with Crippen LogP contribution in [0.4, 0.5) is 0 Å². The third-order valence-corrected chi connectivity index (χ3v) is 12.4. The first-order chi connectivity index (χ1) is 16.8. The predicted molar refractivity (Wildman–Crippen MR) is 152 cm³/mol. The van der Waals surface area contributed by atoms with Crippen molar-refractivity contribution in [2.75, 3.05) is 13.1 Å². The molecule has 4 aliphatic rings. The highest BCUT2D eigenvalue weighted by Crippen LogP contribution is 2.68. The van der Waals surface area contributed by atoms with E-state index in [1.807, 2.05) is 0 Å². The average Bonchev–Trinajstić information content (AvgIpc) is 3.18. The molecule has 4 saturated carbocycles. The second-order valence-electron chi connectivity index (χ2n) is 14.8. The van der Waals surface area contributed by atoms with Crippen molar-refractivity contribution in [2.24, 2.45) is 58.0 Å². The minimum Gasteiger partial charge on any atom is -0.330 e. The van der Waals surface area contributed by atoms with Gasteiger partial charge >= 0.3 is 0 Å². The molecule has 0 saturated heterocycles. The Kier molecular flexibility index (Phi) is 9.73. The molecule has 0 bridgehead atoms. The SMILES string of the molecule is CC(C)CCC[C@@H](C)[C@H]1CC[C@H]2[C@@H]3CC[C@H]4C[C@@H](NCCCCCCN)CC[C@]4(C)[C@H]3CC[C@]12C. The molecule has 35 heavy (non-hydrogen) atoms. The van der Waals surface area contributed by atoms with E-state index in [4.69, 9.17) is 5.73 Å². The van der Waals surface area contributed by atoms with Crippen molar-refractivity contribution in [3.8, 4) is 0 Å². The van der Waals surface area contributed by atoms with Gasteiger partial charge in [-0.15, -0.1) is 0 Å². The summed E-state index contributed by atoms with van der Waals surface area (Å²) in [5.41, 5.74) is 6.92. The monoisotopic (exact) mass is 486 g/mol. The van der Waals surface area contributed by atoms with E-state index in [2.05, 4.69) is 39.9 Å². The lowest BCUT2D eigenvalue weighted by atomic mass is 9.44. The van der Waals surface area contributed by atoms with E-state index in [9.17, 15) is 0 Å². The van der Waals surface area contributed by atoms with Crippen LogP contribution in [0.15, 0.2) is 0 Å². The highest BCUT2D eigenvalue weighted by atomic mass is 14.9. The molecule has 2 nitrogen and oxygen atoms in total. The van der Waals surface area contributed by atoms with Crippen molar-refractivity contribution in [1.82, 2.24) is 5.32 Å². The summed E-state index contributed by atoms with van der Waals surface area (Å²) < 4.78 is 0. The normalized spacial score (nSPS) is 41.9. The fraction of sp³-hybridized carbons (Fsp3) is 1.00. The molecule has 0 unspecified atom stereocenters. The Morgan fingerprint density at radius 3 is 2.29 bits per heavy atom. The highest BCUT2D eigenvalue weighted by molar-refractivity contribution is 5.10. The van der Waals surface area contributed by atoms with Gasteiger partial charge in [-0.05, 0) is 136 Å². The lowest BCUT2D eigenvalue weighted by Gasteiger charge is -2.61. The zero-order chi connectivity index (χ0) is 25.1. The average molecular weight is 487 g/mol. The number of hydrogen-bond acceptors (Lipinski definition) is 2. The zero-order valence-corrected chi connectivity index (χ0v) is 24.4. The van der Waals surface area contributed by atoms with Gasteiger partial charge in [-0.2, -0.15) is 0 Å². The Hall–Kier alpha value is -0.0800. The minimum atomic E-state index is 0.629. The Bertz CT molecular complexity index is 645. The van der Waals surface area contributed by atoms with Crippen molar-refractivity contribution in [3.05, 3.63) is 0 Å². The smallest absolute Gasteiger partial charge is 0.00701 e. The van der Waals surface area contributed by atoms with Crippen LogP contribution >= 0.6 is 0 Å². The molecule has 0 aliphatic heterocycles. The lowest BCUT2D eigenvalue weighted by molar-refractivity contribution is -0.118. The van der Waals surface area contributed by atoms with Crippen LogP contribution in [0.25, 0.3) is 0 Å². The van der Waals surface area contributed by atoms with Gasteiger partial charge in [0.1, 0.15) is 0 Å². The first kappa shape index (κ1) is 27.9. The number of nitrogens with one attached hydrogen (secondary N) is 1. The Balaban J connectivity index is 1.31. The third-order valence-electron chi connectivity index (χ3n) is 12.4. The molecule has 9 atom stereocenters. The van der Waals surface area contributed by atoms with E-state index in [1.54, 1.807) is 19.3 Å². The maximum absolute atomic E-state index is 5.65. The summed E-state index contributed by atoms with van der Waals surface area (Å²) in [4.78, 5) is 0. The molecule has 0 aromatic heterocycles. The Labute approximate surface area is 219 Å². The summed E-state index contributed by atoms with van der Waals surface area (Å²) in [7, 11) is 0. The topological polar surface area (TPSA) is 38.0 Å². The van der Waals surface area contributed by atoms with Crippen LogP contribution in [-0.2, 0) is 0 Å². The van der Waals surface area contributed by atoms with Gasteiger partial charge in [0, 0.05) is 6.04 Å². The summed E-state index contributed by atoms with van der Waals surface area (Å²) in [5.74, 6) is 6.86. The van der Waals surface area contributed by atoms with Gasteiger partial charge in [-0.25, -0.2) is 0 Å². The van der Waals surface area contributed by atoms with Crippen LogP contribution in [0.1, 0.15) is 137 Å². The second kappa shape index (κ2) is 12.2. The lowest BCUT2D eigenvalue weighted by Crippen LogP contribution is -2.55. The number of nitrogens with two attached hydrogens (primary N) is 1. The maximum Gasteiger partial charge on any atom is 0.00701 e. The fourth-order valence-corrected chi connectivity index (χ4v) is 10.4. The van der Waals surface area contributed by atoms with Gasteiger partial charge in [-0.3, -0.25) is 0 Å². The zero-order valence-electron chi connectivity index (χ0n) is 24.4. The summed E-state index contributed by atoms with van der Waals surface area (Å²) in [6.45, 7) is 15.0. The van der Waals surface area contributed by atoms with Gasteiger partial charge in [0.15, 0.2) is 0 Å². The van der Waals surface area contributed by atoms with Gasteiger partial charge in [-0.1, -0.05) is 66.7 Å². The molecule has 0 heterocycles. The van der Waals surface area contributed by atoms with Crippen molar-refractivity contribution >= 4 is 0 Å². The standard InChI is InChI=1S/C33H62N2/c1-24(2)11-10-12-25(3)29-15-16-30-28-14-13-26-23-27(35-22-9-7-6-8-21-34)17-19-32(26,4)31(28)18-20-33(29,30)5/h24-31,35H,6-23,34H2,1-5H3/t25-,26+,27+,28+,29-,30+,31+,32+,33-/m1/s1.